The molecule has 2 nitrogen and oxygen atoms in total. The minimum absolute atomic E-state index is 0.0252. The SMILES string of the molecule is O=C(c1ccc(Cl)c(Cl)c1)N(Cc1ccsc1)C1CC1. The maximum absolute atomic E-state index is 12.6. The third kappa shape index (κ3) is 3.00. The van der Waals surface area contributed by atoms with E-state index in [1.54, 1.807) is 29.5 Å². The van der Waals surface area contributed by atoms with Crippen molar-refractivity contribution < 1.29 is 4.79 Å². The smallest absolute Gasteiger partial charge is 0.254 e. The number of nitrogens with zero attached hydrogens (tertiary/aromatic N) is 1. The molecular formula is C15H13Cl2NOS. The first-order chi connectivity index (χ1) is 9.65. The van der Waals surface area contributed by atoms with Crippen molar-refractivity contribution in [3.8, 4) is 0 Å². The summed E-state index contributed by atoms with van der Waals surface area (Å²) in [7, 11) is 0. The van der Waals surface area contributed by atoms with Crippen LogP contribution in [0.2, 0.25) is 10.0 Å². The zero-order chi connectivity index (χ0) is 14.1. The maximum Gasteiger partial charge on any atom is 0.254 e. The number of amides is 1. The number of thiophene rings is 1. The van der Waals surface area contributed by atoms with Gasteiger partial charge in [0.2, 0.25) is 0 Å². The molecule has 1 aromatic carbocycles. The standard InChI is InChI=1S/C15H13Cl2NOS/c16-13-4-1-11(7-14(13)17)15(19)18(12-2-3-12)8-10-5-6-20-9-10/h1,4-7,9,12H,2-3,8H2. The van der Waals surface area contributed by atoms with E-state index >= 15 is 0 Å². The Bertz CT molecular complexity index is 623. The van der Waals surface area contributed by atoms with E-state index in [1.165, 1.54) is 5.56 Å². The van der Waals surface area contributed by atoms with E-state index in [2.05, 4.69) is 11.4 Å². The van der Waals surface area contributed by atoms with Crippen LogP contribution in [0.15, 0.2) is 35.0 Å². The van der Waals surface area contributed by atoms with Crippen LogP contribution in [0.3, 0.4) is 0 Å². The van der Waals surface area contributed by atoms with Crippen molar-refractivity contribution in [2.45, 2.75) is 25.4 Å². The first-order valence-electron chi connectivity index (χ1n) is 6.42. The van der Waals surface area contributed by atoms with E-state index in [9.17, 15) is 4.79 Å². The van der Waals surface area contributed by atoms with Gasteiger partial charge in [0, 0.05) is 18.2 Å². The zero-order valence-corrected chi connectivity index (χ0v) is 13.0. The minimum atomic E-state index is 0.0252. The molecule has 0 unspecified atom stereocenters. The van der Waals surface area contributed by atoms with Crippen LogP contribution in [0.5, 0.6) is 0 Å². The third-order valence-electron chi connectivity index (χ3n) is 3.35. The first kappa shape index (κ1) is 13.9. The number of benzene rings is 1. The summed E-state index contributed by atoms with van der Waals surface area (Å²) in [6.07, 6.45) is 2.16. The van der Waals surface area contributed by atoms with Gasteiger partial charge < -0.3 is 4.90 Å². The highest BCUT2D eigenvalue weighted by Gasteiger charge is 2.33. The molecule has 0 saturated heterocycles. The molecule has 1 aromatic heterocycles. The molecule has 0 N–H and O–H groups in total. The van der Waals surface area contributed by atoms with Gasteiger partial charge in [0.25, 0.3) is 5.91 Å². The Morgan fingerprint density at radius 2 is 2.05 bits per heavy atom. The molecule has 0 radical (unpaired) electrons. The monoisotopic (exact) mass is 325 g/mol. The van der Waals surface area contributed by atoms with Gasteiger partial charge in [-0.1, -0.05) is 23.2 Å². The molecule has 1 amide bonds. The average molecular weight is 326 g/mol. The molecular weight excluding hydrogens is 313 g/mol. The minimum Gasteiger partial charge on any atom is -0.331 e. The quantitative estimate of drug-likeness (QED) is 0.786. The molecule has 1 fully saturated rings. The molecule has 1 saturated carbocycles. The Balaban J connectivity index is 1.83. The molecule has 0 aliphatic heterocycles. The van der Waals surface area contributed by atoms with Gasteiger partial charge in [-0.25, -0.2) is 0 Å². The summed E-state index contributed by atoms with van der Waals surface area (Å²) in [5, 5.41) is 5.00. The number of hydrogen-bond acceptors (Lipinski definition) is 2. The van der Waals surface area contributed by atoms with Gasteiger partial charge in [0.1, 0.15) is 0 Å². The zero-order valence-electron chi connectivity index (χ0n) is 10.7. The Labute approximate surface area is 131 Å². The number of carbonyl (C=O) groups is 1. The molecule has 1 aliphatic carbocycles. The fourth-order valence-corrected chi connectivity index (χ4v) is 3.09. The van der Waals surface area contributed by atoms with Crippen molar-refractivity contribution in [2.24, 2.45) is 0 Å². The molecule has 5 heteroatoms. The van der Waals surface area contributed by atoms with Crippen LogP contribution in [-0.2, 0) is 6.54 Å². The van der Waals surface area contributed by atoms with Gasteiger partial charge in [-0.2, -0.15) is 11.3 Å². The lowest BCUT2D eigenvalue weighted by Gasteiger charge is -2.22. The Morgan fingerprint density at radius 1 is 1.25 bits per heavy atom. The topological polar surface area (TPSA) is 20.3 Å². The van der Waals surface area contributed by atoms with Gasteiger partial charge in [0.15, 0.2) is 0 Å². The van der Waals surface area contributed by atoms with E-state index in [0.29, 0.717) is 28.2 Å². The normalized spacial score (nSPS) is 14.3. The highest BCUT2D eigenvalue weighted by Crippen LogP contribution is 2.31. The number of carbonyl (C=O) groups excluding carboxylic acids is 1. The lowest BCUT2D eigenvalue weighted by molar-refractivity contribution is 0.0730. The Hall–Kier alpha value is -1.03. The molecule has 1 aliphatic rings. The Kier molecular flexibility index (Phi) is 4.01. The van der Waals surface area contributed by atoms with E-state index in [0.717, 1.165) is 12.8 Å². The molecule has 0 atom stereocenters. The van der Waals surface area contributed by atoms with Crippen molar-refractivity contribution >= 4 is 40.4 Å². The van der Waals surface area contributed by atoms with Crippen LogP contribution >= 0.6 is 34.5 Å². The van der Waals surface area contributed by atoms with Crippen LogP contribution in [0.25, 0.3) is 0 Å². The second-order valence-electron chi connectivity index (χ2n) is 4.92. The van der Waals surface area contributed by atoms with Crippen LogP contribution in [0, 0.1) is 0 Å². The average Bonchev–Trinajstić information content (AvgIpc) is 3.15. The number of halogens is 2. The van der Waals surface area contributed by atoms with Crippen molar-refractivity contribution in [3.05, 3.63) is 56.2 Å². The molecule has 104 valence electrons. The summed E-state index contributed by atoms with van der Waals surface area (Å²) in [6, 6.07) is 7.47. The van der Waals surface area contributed by atoms with E-state index in [1.807, 2.05) is 10.3 Å². The molecule has 20 heavy (non-hydrogen) atoms. The van der Waals surface area contributed by atoms with Crippen molar-refractivity contribution in [2.75, 3.05) is 0 Å². The van der Waals surface area contributed by atoms with Gasteiger partial charge >= 0.3 is 0 Å². The van der Waals surface area contributed by atoms with Gasteiger partial charge in [-0.05, 0) is 53.4 Å². The summed E-state index contributed by atoms with van der Waals surface area (Å²) in [6.45, 7) is 0.660. The van der Waals surface area contributed by atoms with Crippen molar-refractivity contribution in [1.29, 1.82) is 0 Å². The van der Waals surface area contributed by atoms with Crippen LogP contribution in [-0.4, -0.2) is 16.8 Å². The summed E-state index contributed by atoms with van der Waals surface area (Å²) >= 11 is 13.5. The molecule has 0 bridgehead atoms. The summed E-state index contributed by atoms with van der Waals surface area (Å²) in [4.78, 5) is 14.6. The van der Waals surface area contributed by atoms with Crippen molar-refractivity contribution in [1.82, 2.24) is 4.90 Å². The number of hydrogen-bond donors (Lipinski definition) is 0. The van der Waals surface area contributed by atoms with Crippen LogP contribution < -0.4 is 0 Å². The highest BCUT2D eigenvalue weighted by atomic mass is 35.5. The summed E-state index contributed by atoms with van der Waals surface area (Å²) in [5.41, 5.74) is 1.77. The second-order valence-corrected chi connectivity index (χ2v) is 6.52. The lowest BCUT2D eigenvalue weighted by atomic mass is 10.2. The van der Waals surface area contributed by atoms with E-state index in [4.69, 9.17) is 23.2 Å². The fraction of sp³-hybridized carbons (Fsp3) is 0.267. The highest BCUT2D eigenvalue weighted by molar-refractivity contribution is 7.07. The molecule has 0 spiro atoms. The lowest BCUT2D eigenvalue weighted by Crippen LogP contribution is -2.32. The number of rotatable bonds is 4. The van der Waals surface area contributed by atoms with Gasteiger partial charge in [-0.15, -0.1) is 0 Å². The fourth-order valence-electron chi connectivity index (χ4n) is 2.13. The first-order valence-corrected chi connectivity index (χ1v) is 8.12. The van der Waals surface area contributed by atoms with Crippen LogP contribution in [0.4, 0.5) is 0 Å². The van der Waals surface area contributed by atoms with Crippen molar-refractivity contribution in [3.63, 3.8) is 0 Å². The molecule has 2 aromatic rings. The third-order valence-corrected chi connectivity index (χ3v) is 4.82. The largest absolute Gasteiger partial charge is 0.331 e. The second kappa shape index (κ2) is 5.76. The van der Waals surface area contributed by atoms with E-state index < -0.39 is 0 Å². The van der Waals surface area contributed by atoms with Crippen LogP contribution in [0.1, 0.15) is 28.8 Å². The predicted molar refractivity (Wildman–Crippen MR) is 83.7 cm³/mol. The summed E-state index contributed by atoms with van der Waals surface area (Å²) < 4.78 is 0. The predicted octanol–water partition coefficient (Wildman–Crippen LogP) is 4.86. The Morgan fingerprint density at radius 3 is 2.65 bits per heavy atom. The molecule has 1 heterocycles. The van der Waals surface area contributed by atoms with E-state index in [-0.39, 0.29) is 5.91 Å². The summed E-state index contributed by atoms with van der Waals surface area (Å²) in [5.74, 6) is 0.0252. The maximum atomic E-state index is 12.6. The van der Waals surface area contributed by atoms with Gasteiger partial charge in [0.05, 0.1) is 10.0 Å². The van der Waals surface area contributed by atoms with Gasteiger partial charge in [-0.3, -0.25) is 4.79 Å². The molecule has 3 rings (SSSR count).